The third kappa shape index (κ3) is 4.71. The lowest BCUT2D eigenvalue weighted by atomic mass is 9.91. The molecule has 162 valence electrons. The zero-order valence-corrected chi connectivity index (χ0v) is 18.1. The van der Waals surface area contributed by atoms with E-state index in [-0.39, 0.29) is 12.5 Å². The quantitative estimate of drug-likeness (QED) is 0.573. The van der Waals surface area contributed by atoms with Crippen molar-refractivity contribution in [1.29, 1.82) is 0 Å². The average molecular weight is 421 g/mol. The molecule has 0 N–H and O–H groups in total. The van der Waals surface area contributed by atoms with Crippen molar-refractivity contribution < 1.29 is 18.8 Å². The van der Waals surface area contributed by atoms with Gasteiger partial charge in [-0.15, -0.1) is 0 Å². The number of carbonyl (C=O) groups is 1. The second kappa shape index (κ2) is 9.20. The van der Waals surface area contributed by atoms with Crippen molar-refractivity contribution in [2.75, 3.05) is 14.2 Å². The highest BCUT2D eigenvalue weighted by Gasteiger charge is 2.23. The number of hydrogen-bond donors (Lipinski definition) is 0. The Kier molecular flexibility index (Phi) is 6.21. The second-order valence-electron chi connectivity index (χ2n) is 7.80. The topological polar surface area (TPSA) is 77.7 Å². The summed E-state index contributed by atoms with van der Waals surface area (Å²) in [6, 6.07) is 13.5. The molecule has 0 radical (unpaired) electrons. The molecule has 1 unspecified atom stereocenters. The first-order valence-corrected chi connectivity index (χ1v) is 10.5. The molecule has 7 heteroatoms. The van der Waals surface area contributed by atoms with Gasteiger partial charge in [-0.25, -0.2) is 0 Å². The van der Waals surface area contributed by atoms with Gasteiger partial charge in [0.2, 0.25) is 11.7 Å². The predicted octanol–water partition coefficient (Wildman–Crippen LogP) is 4.05. The number of fused-ring (bicyclic) bond motifs is 1. The van der Waals surface area contributed by atoms with E-state index in [0.29, 0.717) is 11.7 Å². The molecule has 4 rings (SSSR count). The summed E-state index contributed by atoms with van der Waals surface area (Å²) in [4.78, 5) is 18.8. The minimum atomic E-state index is -0.609. The number of hydrogen-bond acceptors (Lipinski definition) is 6. The van der Waals surface area contributed by atoms with Crippen molar-refractivity contribution >= 4 is 5.91 Å². The number of carbonyl (C=O) groups excluding carboxylic acids is 1. The van der Waals surface area contributed by atoms with Gasteiger partial charge in [0.15, 0.2) is 6.10 Å². The van der Waals surface area contributed by atoms with Crippen LogP contribution in [-0.2, 0) is 24.2 Å². The predicted molar refractivity (Wildman–Crippen MR) is 116 cm³/mol. The fourth-order valence-corrected chi connectivity index (χ4v) is 3.87. The summed E-state index contributed by atoms with van der Waals surface area (Å²) in [5, 5.41) is 4.02. The maximum Gasteiger partial charge on any atom is 0.263 e. The Morgan fingerprint density at radius 2 is 1.94 bits per heavy atom. The standard InChI is InChI=1S/C24H27N3O4/c1-16(30-21-10-6-8-17-7-4-5-9-20(17)21)24(28)27(2)15-22-25-23(26-31-22)18-11-13-19(29-3)14-12-18/h6,8,10-14,16H,4-5,7,9,15H2,1-3H3. The zero-order valence-electron chi connectivity index (χ0n) is 18.1. The van der Waals surface area contributed by atoms with Crippen molar-refractivity contribution in [1.82, 2.24) is 15.0 Å². The number of benzene rings is 2. The highest BCUT2D eigenvalue weighted by Crippen LogP contribution is 2.30. The maximum atomic E-state index is 12.9. The molecule has 3 aromatic rings. The Morgan fingerprint density at radius 3 is 2.71 bits per heavy atom. The summed E-state index contributed by atoms with van der Waals surface area (Å²) in [7, 11) is 3.32. The molecular weight excluding hydrogens is 394 g/mol. The van der Waals surface area contributed by atoms with Gasteiger partial charge in [0.05, 0.1) is 13.7 Å². The zero-order chi connectivity index (χ0) is 21.8. The molecule has 1 aliphatic rings. The van der Waals surface area contributed by atoms with Crippen LogP contribution in [0.3, 0.4) is 0 Å². The number of methoxy groups -OCH3 is 1. The summed E-state index contributed by atoms with van der Waals surface area (Å²) >= 11 is 0. The summed E-state index contributed by atoms with van der Waals surface area (Å²) < 4.78 is 16.6. The van der Waals surface area contributed by atoms with Gasteiger partial charge >= 0.3 is 0 Å². The lowest BCUT2D eigenvalue weighted by Gasteiger charge is -2.24. The van der Waals surface area contributed by atoms with Crippen LogP contribution in [0.5, 0.6) is 11.5 Å². The van der Waals surface area contributed by atoms with Crippen molar-refractivity contribution in [3.63, 3.8) is 0 Å². The first-order valence-electron chi connectivity index (χ1n) is 10.5. The molecule has 7 nitrogen and oxygen atoms in total. The van der Waals surface area contributed by atoms with E-state index in [2.05, 4.69) is 16.2 Å². The van der Waals surface area contributed by atoms with E-state index in [9.17, 15) is 4.79 Å². The van der Waals surface area contributed by atoms with Crippen LogP contribution < -0.4 is 9.47 Å². The normalized spacial score (nSPS) is 13.9. The third-order valence-electron chi connectivity index (χ3n) is 5.57. The van der Waals surface area contributed by atoms with Gasteiger partial charge in [-0.3, -0.25) is 4.79 Å². The largest absolute Gasteiger partial charge is 0.497 e. The molecule has 0 saturated heterocycles. The van der Waals surface area contributed by atoms with Crippen LogP contribution >= 0.6 is 0 Å². The summed E-state index contributed by atoms with van der Waals surface area (Å²) in [5.74, 6) is 2.26. The maximum absolute atomic E-state index is 12.9. The SMILES string of the molecule is COc1ccc(-c2noc(CN(C)C(=O)C(C)Oc3cccc4c3CCCC4)n2)cc1. The molecule has 2 aromatic carbocycles. The van der Waals surface area contributed by atoms with E-state index in [1.165, 1.54) is 17.5 Å². The molecule has 1 heterocycles. The van der Waals surface area contributed by atoms with Crippen molar-refractivity contribution in [3.05, 3.63) is 59.5 Å². The summed E-state index contributed by atoms with van der Waals surface area (Å²) in [6.07, 6.45) is 3.82. The van der Waals surface area contributed by atoms with Crippen LogP contribution in [0.2, 0.25) is 0 Å². The second-order valence-corrected chi connectivity index (χ2v) is 7.80. The fraction of sp³-hybridized carbons (Fsp3) is 0.375. The van der Waals surface area contributed by atoms with Gasteiger partial charge in [0, 0.05) is 12.6 Å². The van der Waals surface area contributed by atoms with E-state index >= 15 is 0 Å². The highest BCUT2D eigenvalue weighted by molar-refractivity contribution is 5.80. The van der Waals surface area contributed by atoms with Crippen LogP contribution in [0.1, 0.15) is 36.8 Å². The average Bonchev–Trinajstić information content (AvgIpc) is 3.27. The Balaban J connectivity index is 1.39. The minimum Gasteiger partial charge on any atom is -0.497 e. The van der Waals surface area contributed by atoms with E-state index in [1.807, 2.05) is 36.4 Å². The van der Waals surface area contributed by atoms with E-state index in [1.54, 1.807) is 26.0 Å². The molecule has 31 heavy (non-hydrogen) atoms. The molecule has 0 aliphatic heterocycles. The van der Waals surface area contributed by atoms with Crippen LogP contribution in [0, 0.1) is 0 Å². The minimum absolute atomic E-state index is 0.141. The van der Waals surface area contributed by atoms with E-state index in [4.69, 9.17) is 14.0 Å². The van der Waals surface area contributed by atoms with Gasteiger partial charge < -0.3 is 18.9 Å². The molecule has 0 spiro atoms. The molecule has 0 fully saturated rings. The monoisotopic (exact) mass is 421 g/mol. The van der Waals surface area contributed by atoms with Crippen molar-refractivity contribution in [2.24, 2.45) is 0 Å². The lowest BCUT2D eigenvalue weighted by molar-refractivity contribution is -0.137. The Labute approximate surface area is 182 Å². The van der Waals surface area contributed by atoms with Crippen LogP contribution in [-0.4, -0.2) is 41.2 Å². The van der Waals surface area contributed by atoms with Gasteiger partial charge in [-0.05, 0) is 74.1 Å². The van der Waals surface area contributed by atoms with Crippen molar-refractivity contribution in [2.45, 2.75) is 45.3 Å². The molecule has 1 aliphatic carbocycles. The number of aryl methyl sites for hydroxylation is 1. The summed E-state index contributed by atoms with van der Waals surface area (Å²) in [5.41, 5.74) is 3.38. The Hall–Kier alpha value is -3.35. The van der Waals surface area contributed by atoms with Crippen LogP contribution in [0.4, 0.5) is 0 Å². The first-order chi connectivity index (χ1) is 15.0. The number of nitrogens with zero attached hydrogens (tertiary/aromatic N) is 3. The number of aromatic nitrogens is 2. The lowest BCUT2D eigenvalue weighted by Crippen LogP contribution is -2.37. The van der Waals surface area contributed by atoms with Gasteiger partial charge in [0.1, 0.15) is 11.5 Å². The van der Waals surface area contributed by atoms with Gasteiger partial charge in [0.25, 0.3) is 5.91 Å². The Morgan fingerprint density at radius 1 is 1.16 bits per heavy atom. The van der Waals surface area contributed by atoms with Crippen molar-refractivity contribution in [3.8, 4) is 22.9 Å². The van der Waals surface area contributed by atoms with E-state index in [0.717, 1.165) is 36.3 Å². The molecule has 1 aromatic heterocycles. The Bertz CT molecular complexity index is 1050. The smallest absolute Gasteiger partial charge is 0.263 e. The van der Waals surface area contributed by atoms with Crippen LogP contribution in [0.25, 0.3) is 11.4 Å². The number of rotatable bonds is 7. The number of ether oxygens (including phenoxy) is 2. The summed E-state index contributed by atoms with van der Waals surface area (Å²) in [6.45, 7) is 1.99. The fourth-order valence-electron chi connectivity index (χ4n) is 3.87. The highest BCUT2D eigenvalue weighted by atomic mass is 16.5. The van der Waals surface area contributed by atoms with Gasteiger partial charge in [-0.1, -0.05) is 17.3 Å². The first kappa shape index (κ1) is 20.9. The number of amides is 1. The molecule has 0 bridgehead atoms. The molecular formula is C24H27N3O4. The molecule has 1 amide bonds. The molecule has 1 atom stereocenters. The third-order valence-corrected chi connectivity index (χ3v) is 5.57. The van der Waals surface area contributed by atoms with Gasteiger partial charge in [-0.2, -0.15) is 4.98 Å². The van der Waals surface area contributed by atoms with Crippen LogP contribution in [0.15, 0.2) is 47.0 Å². The van der Waals surface area contributed by atoms with E-state index < -0.39 is 6.10 Å². The number of likely N-dealkylation sites (N-methyl/N-ethyl adjacent to an activating group) is 1. The molecule has 0 saturated carbocycles.